The van der Waals surface area contributed by atoms with Crippen molar-refractivity contribution in [3.05, 3.63) is 57.0 Å². The maximum Gasteiger partial charge on any atom is 0.263 e. The molecule has 5 nitrogen and oxygen atoms in total. The first-order valence-corrected chi connectivity index (χ1v) is 8.92. The van der Waals surface area contributed by atoms with Crippen LogP contribution >= 0.6 is 27.5 Å². The monoisotopic (exact) mass is 400 g/mol. The van der Waals surface area contributed by atoms with Gasteiger partial charge in [0.05, 0.1) is 16.3 Å². The molecule has 1 heterocycles. The first-order chi connectivity index (χ1) is 10.4. The molecule has 0 aliphatic carbocycles. The number of rotatable bonds is 3. The van der Waals surface area contributed by atoms with E-state index in [-0.39, 0.29) is 21.5 Å². The fraction of sp³-hybridized carbons (Fsp3) is 0.0714. The van der Waals surface area contributed by atoms with Gasteiger partial charge in [0.2, 0.25) is 0 Å². The van der Waals surface area contributed by atoms with E-state index in [0.717, 1.165) is 5.56 Å². The normalized spacial score (nSPS) is 13.6. The van der Waals surface area contributed by atoms with Gasteiger partial charge in [0.15, 0.2) is 0 Å². The molecule has 0 saturated carbocycles. The number of hydrogen-bond acceptors (Lipinski definition) is 3. The summed E-state index contributed by atoms with van der Waals surface area (Å²) in [6.45, 7) is 0.392. The summed E-state index contributed by atoms with van der Waals surface area (Å²) in [5.41, 5.74) is 1.35. The molecule has 22 heavy (non-hydrogen) atoms. The first kappa shape index (κ1) is 15.3. The molecule has 8 heteroatoms. The molecule has 0 unspecified atom stereocenters. The Morgan fingerprint density at radius 3 is 2.73 bits per heavy atom. The van der Waals surface area contributed by atoms with Gasteiger partial charge in [-0.25, -0.2) is 8.42 Å². The lowest BCUT2D eigenvalue weighted by Gasteiger charge is -2.12. The van der Waals surface area contributed by atoms with E-state index in [0.29, 0.717) is 16.6 Å². The number of nitrogens with one attached hydrogen (secondary N) is 2. The van der Waals surface area contributed by atoms with Gasteiger partial charge in [-0.3, -0.25) is 9.52 Å². The van der Waals surface area contributed by atoms with Gasteiger partial charge in [-0.1, -0.05) is 39.7 Å². The molecule has 3 rings (SSSR count). The van der Waals surface area contributed by atoms with Crippen LogP contribution < -0.4 is 10.0 Å². The SMILES string of the molecule is O=C1NCc2cccc(NS(=O)(=O)c3ccc(Br)cc3Cl)c21. The lowest BCUT2D eigenvalue weighted by Crippen LogP contribution is -2.18. The fourth-order valence-electron chi connectivity index (χ4n) is 2.26. The Labute approximate surface area is 140 Å². The van der Waals surface area contributed by atoms with E-state index in [4.69, 9.17) is 11.6 Å². The highest BCUT2D eigenvalue weighted by atomic mass is 79.9. The summed E-state index contributed by atoms with van der Waals surface area (Å²) >= 11 is 9.22. The lowest BCUT2D eigenvalue weighted by molar-refractivity contribution is 0.0966. The van der Waals surface area contributed by atoms with Crippen LogP contribution in [-0.4, -0.2) is 14.3 Å². The van der Waals surface area contributed by atoms with Crippen molar-refractivity contribution in [2.24, 2.45) is 0 Å². The van der Waals surface area contributed by atoms with E-state index in [1.807, 2.05) is 0 Å². The van der Waals surface area contributed by atoms with E-state index in [1.54, 1.807) is 24.3 Å². The molecule has 0 spiro atoms. The van der Waals surface area contributed by atoms with Crippen LogP contribution in [0.5, 0.6) is 0 Å². The Hall–Kier alpha value is -1.57. The Bertz CT molecular complexity index is 884. The van der Waals surface area contributed by atoms with Crippen molar-refractivity contribution in [2.75, 3.05) is 4.72 Å². The van der Waals surface area contributed by atoms with Crippen molar-refractivity contribution in [3.63, 3.8) is 0 Å². The van der Waals surface area contributed by atoms with E-state index in [1.165, 1.54) is 12.1 Å². The van der Waals surface area contributed by atoms with E-state index in [9.17, 15) is 13.2 Å². The maximum atomic E-state index is 12.5. The van der Waals surface area contributed by atoms with Crippen molar-refractivity contribution >= 4 is 49.1 Å². The molecule has 2 aromatic carbocycles. The third-order valence-electron chi connectivity index (χ3n) is 3.24. The number of benzene rings is 2. The maximum absolute atomic E-state index is 12.5. The summed E-state index contributed by atoms with van der Waals surface area (Å²) in [5.74, 6) is -0.296. The van der Waals surface area contributed by atoms with Gasteiger partial charge in [-0.05, 0) is 29.8 Å². The number of carbonyl (C=O) groups is 1. The van der Waals surface area contributed by atoms with Crippen LogP contribution in [0.25, 0.3) is 0 Å². The molecule has 1 aliphatic heterocycles. The van der Waals surface area contributed by atoms with Crippen molar-refractivity contribution in [3.8, 4) is 0 Å². The highest BCUT2D eigenvalue weighted by Crippen LogP contribution is 2.30. The van der Waals surface area contributed by atoms with Crippen molar-refractivity contribution in [1.82, 2.24) is 5.32 Å². The second kappa shape index (κ2) is 5.57. The average molecular weight is 402 g/mol. The molecular formula is C14H10BrClN2O3S. The second-order valence-electron chi connectivity index (χ2n) is 4.70. The number of hydrogen-bond donors (Lipinski definition) is 2. The Morgan fingerprint density at radius 2 is 2.00 bits per heavy atom. The van der Waals surface area contributed by atoms with Gasteiger partial charge in [-0.15, -0.1) is 0 Å². The van der Waals surface area contributed by atoms with Gasteiger partial charge in [0, 0.05) is 11.0 Å². The quantitative estimate of drug-likeness (QED) is 0.829. The molecule has 0 saturated heterocycles. The largest absolute Gasteiger partial charge is 0.348 e. The Kier molecular flexibility index (Phi) is 3.88. The second-order valence-corrected chi connectivity index (χ2v) is 7.68. The minimum Gasteiger partial charge on any atom is -0.348 e. The zero-order valence-corrected chi connectivity index (χ0v) is 14.2. The summed E-state index contributed by atoms with van der Waals surface area (Å²) < 4.78 is 28.1. The average Bonchev–Trinajstić information content (AvgIpc) is 2.81. The number of anilines is 1. The van der Waals surface area contributed by atoms with E-state index < -0.39 is 10.0 Å². The summed E-state index contributed by atoms with van der Waals surface area (Å²) in [7, 11) is -3.89. The predicted octanol–water partition coefficient (Wildman–Crippen LogP) is 3.15. The third-order valence-corrected chi connectivity index (χ3v) is 5.59. The molecule has 0 atom stereocenters. The number of halogens is 2. The smallest absolute Gasteiger partial charge is 0.263 e. The first-order valence-electron chi connectivity index (χ1n) is 6.26. The molecule has 1 amide bonds. The molecule has 2 aromatic rings. The van der Waals surface area contributed by atoms with Crippen LogP contribution in [0.2, 0.25) is 5.02 Å². The molecule has 0 aromatic heterocycles. The molecular weight excluding hydrogens is 392 g/mol. The number of sulfonamides is 1. The minimum atomic E-state index is -3.89. The van der Waals surface area contributed by atoms with Crippen LogP contribution in [0.1, 0.15) is 15.9 Å². The molecule has 0 bridgehead atoms. The predicted molar refractivity (Wildman–Crippen MR) is 87.6 cm³/mol. The van der Waals surface area contributed by atoms with Crippen LogP contribution in [0, 0.1) is 0 Å². The van der Waals surface area contributed by atoms with Crippen LogP contribution in [0.4, 0.5) is 5.69 Å². The van der Waals surface area contributed by atoms with E-state index in [2.05, 4.69) is 26.0 Å². The highest BCUT2D eigenvalue weighted by Gasteiger charge is 2.26. The standard InChI is InChI=1S/C14H10BrClN2O3S/c15-9-4-5-12(10(16)6-9)22(20,21)18-11-3-1-2-8-7-17-14(19)13(8)11/h1-6,18H,7H2,(H,17,19). The van der Waals surface area contributed by atoms with E-state index >= 15 is 0 Å². The zero-order valence-electron chi connectivity index (χ0n) is 11.1. The topological polar surface area (TPSA) is 75.3 Å². The molecule has 2 N–H and O–H groups in total. The Balaban J connectivity index is 2.03. The van der Waals surface area contributed by atoms with Gasteiger partial charge >= 0.3 is 0 Å². The lowest BCUT2D eigenvalue weighted by atomic mass is 10.1. The summed E-state index contributed by atoms with van der Waals surface area (Å²) in [4.78, 5) is 11.8. The van der Waals surface area contributed by atoms with Crippen molar-refractivity contribution in [1.29, 1.82) is 0 Å². The highest BCUT2D eigenvalue weighted by molar-refractivity contribution is 9.10. The molecule has 114 valence electrons. The summed E-state index contributed by atoms with van der Waals surface area (Å²) in [6.07, 6.45) is 0. The van der Waals surface area contributed by atoms with Crippen molar-refractivity contribution in [2.45, 2.75) is 11.4 Å². The van der Waals surface area contributed by atoms with Gasteiger partial charge in [0.25, 0.3) is 15.9 Å². The molecule has 1 aliphatic rings. The van der Waals surface area contributed by atoms with Gasteiger partial charge in [0.1, 0.15) is 4.90 Å². The number of amides is 1. The summed E-state index contributed by atoms with van der Waals surface area (Å²) in [5, 5.41) is 2.76. The van der Waals surface area contributed by atoms with Gasteiger partial charge < -0.3 is 5.32 Å². The van der Waals surface area contributed by atoms with Crippen molar-refractivity contribution < 1.29 is 13.2 Å². The van der Waals surface area contributed by atoms with Crippen LogP contribution in [0.3, 0.4) is 0 Å². The van der Waals surface area contributed by atoms with Crippen LogP contribution in [0.15, 0.2) is 45.8 Å². The number of carbonyl (C=O) groups excluding carboxylic acids is 1. The zero-order chi connectivity index (χ0) is 15.9. The summed E-state index contributed by atoms with van der Waals surface area (Å²) in [6, 6.07) is 9.50. The number of fused-ring (bicyclic) bond motifs is 1. The minimum absolute atomic E-state index is 0.0478. The van der Waals surface area contributed by atoms with Crippen LogP contribution in [-0.2, 0) is 16.6 Å². The fourth-order valence-corrected chi connectivity index (χ4v) is 4.37. The molecule has 0 radical (unpaired) electrons. The van der Waals surface area contributed by atoms with Gasteiger partial charge in [-0.2, -0.15) is 0 Å². The molecule has 0 fully saturated rings. The Morgan fingerprint density at radius 1 is 1.23 bits per heavy atom. The third kappa shape index (κ3) is 2.71.